The van der Waals surface area contributed by atoms with Crippen molar-refractivity contribution < 1.29 is 19.0 Å². The highest BCUT2D eigenvalue weighted by atomic mass is 31.2. The minimum atomic E-state index is -3.48. The minimum Gasteiger partial charge on any atom is -0.508 e. The standard InChI is InChI=1S/C37H30O4P2/c1-41-29-23-25-37(43(40,32-18-10-4-11-19-32)33-20-12-5-13-21-33)35(27-29)34-26-28(38)22-24-36(34)42(39,30-14-6-2-7-15-30)31-16-8-3-9-17-31/h2-27,38H,1H3. The van der Waals surface area contributed by atoms with Crippen LogP contribution in [0.2, 0.25) is 0 Å². The van der Waals surface area contributed by atoms with E-state index in [0.29, 0.717) is 48.7 Å². The molecule has 0 bridgehead atoms. The molecule has 0 radical (unpaired) electrons. The number of aromatic hydroxyl groups is 1. The van der Waals surface area contributed by atoms with Gasteiger partial charge in [-0.05, 0) is 47.5 Å². The summed E-state index contributed by atoms with van der Waals surface area (Å²) in [5.74, 6) is 0.560. The van der Waals surface area contributed by atoms with Crippen LogP contribution in [-0.4, -0.2) is 12.2 Å². The normalized spacial score (nSPS) is 11.7. The lowest BCUT2D eigenvalue weighted by atomic mass is 10.0. The molecule has 6 aromatic carbocycles. The molecule has 1 N–H and O–H groups in total. The van der Waals surface area contributed by atoms with Crippen molar-refractivity contribution in [2.24, 2.45) is 0 Å². The fourth-order valence-electron chi connectivity index (χ4n) is 5.55. The maximum atomic E-state index is 15.6. The molecular formula is C37H30O4P2. The van der Waals surface area contributed by atoms with Crippen molar-refractivity contribution in [2.75, 3.05) is 7.11 Å². The molecule has 0 fully saturated rings. The number of ether oxygens (including phenoxy) is 1. The van der Waals surface area contributed by atoms with E-state index < -0.39 is 14.3 Å². The number of phenols is 1. The maximum absolute atomic E-state index is 15.6. The van der Waals surface area contributed by atoms with E-state index in [0.717, 1.165) is 0 Å². The predicted molar refractivity (Wildman–Crippen MR) is 179 cm³/mol. The van der Waals surface area contributed by atoms with Crippen LogP contribution < -0.4 is 36.6 Å². The quantitative estimate of drug-likeness (QED) is 0.207. The van der Waals surface area contributed by atoms with Gasteiger partial charge in [0.2, 0.25) is 0 Å². The Morgan fingerprint density at radius 3 is 1.19 bits per heavy atom. The molecule has 0 saturated heterocycles. The summed E-state index contributed by atoms with van der Waals surface area (Å²) in [5, 5.41) is 14.6. The Morgan fingerprint density at radius 1 is 0.465 bits per heavy atom. The summed E-state index contributed by atoms with van der Waals surface area (Å²) in [6, 6.07) is 48.0. The Balaban J connectivity index is 1.72. The lowest BCUT2D eigenvalue weighted by Crippen LogP contribution is -2.29. The molecule has 0 amide bonds. The van der Waals surface area contributed by atoms with Gasteiger partial charge in [0, 0.05) is 31.8 Å². The van der Waals surface area contributed by atoms with Crippen LogP contribution >= 0.6 is 14.3 Å². The first kappa shape index (κ1) is 28.5. The SMILES string of the molecule is COc1ccc(P(=O)(c2ccccc2)c2ccccc2)c(-c2cc(O)ccc2P(=O)(c2ccccc2)c2ccccc2)c1. The summed E-state index contributed by atoms with van der Waals surface area (Å²) in [6.45, 7) is 0. The first-order valence-electron chi connectivity index (χ1n) is 13.9. The van der Waals surface area contributed by atoms with Crippen LogP contribution in [0, 0.1) is 0 Å². The zero-order valence-electron chi connectivity index (χ0n) is 23.6. The highest BCUT2D eigenvalue weighted by Gasteiger charge is 2.36. The van der Waals surface area contributed by atoms with Gasteiger partial charge < -0.3 is 19.0 Å². The Kier molecular flexibility index (Phi) is 7.91. The van der Waals surface area contributed by atoms with Crippen molar-refractivity contribution in [2.45, 2.75) is 0 Å². The molecule has 0 saturated carbocycles. The molecule has 0 aromatic heterocycles. The second-order valence-corrected chi connectivity index (χ2v) is 15.6. The number of hydrogen-bond donors (Lipinski definition) is 1. The fourth-order valence-corrected chi connectivity index (χ4v) is 11.2. The molecule has 6 aromatic rings. The van der Waals surface area contributed by atoms with Crippen molar-refractivity contribution in [1.82, 2.24) is 0 Å². The Morgan fingerprint density at radius 2 is 0.814 bits per heavy atom. The largest absolute Gasteiger partial charge is 0.508 e. The van der Waals surface area contributed by atoms with E-state index in [-0.39, 0.29) is 5.75 Å². The van der Waals surface area contributed by atoms with E-state index in [1.165, 1.54) is 0 Å². The Labute approximate surface area is 252 Å². The van der Waals surface area contributed by atoms with Gasteiger partial charge in [0.1, 0.15) is 11.5 Å². The van der Waals surface area contributed by atoms with Crippen molar-refractivity contribution in [3.05, 3.63) is 158 Å². The van der Waals surface area contributed by atoms with Gasteiger partial charge in [-0.3, -0.25) is 0 Å². The molecule has 0 heterocycles. The average Bonchev–Trinajstić information content (AvgIpc) is 3.09. The van der Waals surface area contributed by atoms with Crippen molar-refractivity contribution in [1.29, 1.82) is 0 Å². The summed E-state index contributed by atoms with van der Waals surface area (Å²) >= 11 is 0. The molecule has 212 valence electrons. The van der Waals surface area contributed by atoms with E-state index in [1.807, 2.05) is 133 Å². The minimum absolute atomic E-state index is 0.00875. The monoisotopic (exact) mass is 600 g/mol. The summed E-state index contributed by atoms with van der Waals surface area (Å²) in [6.07, 6.45) is 0. The second kappa shape index (κ2) is 11.9. The topological polar surface area (TPSA) is 63.6 Å². The third kappa shape index (κ3) is 5.14. The van der Waals surface area contributed by atoms with E-state index in [1.54, 1.807) is 31.4 Å². The van der Waals surface area contributed by atoms with Crippen LogP contribution in [-0.2, 0) is 9.13 Å². The maximum Gasteiger partial charge on any atom is 0.171 e. The highest BCUT2D eigenvalue weighted by Crippen LogP contribution is 2.49. The summed E-state index contributed by atoms with van der Waals surface area (Å²) in [5.41, 5.74) is 1.10. The molecule has 0 spiro atoms. The number of rotatable bonds is 8. The van der Waals surface area contributed by atoms with E-state index in [2.05, 4.69) is 0 Å². The van der Waals surface area contributed by atoms with Gasteiger partial charge in [-0.15, -0.1) is 0 Å². The van der Waals surface area contributed by atoms with Gasteiger partial charge in [-0.2, -0.15) is 0 Å². The molecule has 0 aliphatic carbocycles. The van der Waals surface area contributed by atoms with Gasteiger partial charge in [-0.1, -0.05) is 121 Å². The molecule has 0 aliphatic heterocycles. The third-order valence-electron chi connectivity index (χ3n) is 7.63. The predicted octanol–water partition coefficient (Wildman–Crippen LogP) is 6.35. The molecule has 43 heavy (non-hydrogen) atoms. The van der Waals surface area contributed by atoms with Crippen LogP contribution in [0.5, 0.6) is 11.5 Å². The van der Waals surface area contributed by atoms with Crippen LogP contribution in [0.15, 0.2) is 158 Å². The molecule has 6 heteroatoms. The summed E-state index contributed by atoms with van der Waals surface area (Å²) in [4.78, 5) is 0. The van der Waals surface area contributed by atoms with E-state index in [4.69, 9.17) is 4.74 Å². The number of phenolic OH excluding ortho intramolecular Hbond substituents is 1. The Hall–Kier alpha value is -4.62. The smallest absolute Gasteiger partial charge is 0.171 e. The van der Waals surface area contributed by atoms with E-state index in [9.17, 15) is 5.11 Å². The van der Waals surface area contributed by atoms with Crippen LogP contribution in [0.4, 0.5) is 0 Å². The van der Waals surface area contributed by atoms with Gasteiger partial charge in [0.05, 0.1) is 7.11 Å². The highest BCUT2D eigenvalue weighted by molar-refractivity contribution is 7.86. The van der Waals surface area contributed by atoms with Gasteiger partial charge in [-0.25, -0.2) is 0 Å². The molecule has 0 unspecified atom stereocenters. The van der Waals surface area contributed by atoms with Crippen LogP contribution in [0.25, 0.3) is 11.1 Å². The van der Waals surface area contributed by atoms with Gasteiger partial charge in [0.15, 0.2) is 14.3 Å². The van der Waals surface area contributed by atoms with Gasteiger partial charge in [0.25, 0.3) is 0 Å². The first-order chi connectivity index (χ1) is 21.0. The molecule has 0 aliphatic rings. The zero-order valence-corrected chi connectivity index (χ0v) is 25.4. The average molecular weight is 601 g/mol. The van der Waals surface area contributed by atoms with Crippen molar-refractivity contribution in [3.63, 3.8) is 0 Å². The third-order valence-corrected chi connectivity index (χ3v) is 13.9. The number of benzene rings is 6. The fraction of sp³-hybridized carbons (Fsp3) is 0.0270. The van der Waals surface area contributed by atoms with Crippen molar-refractivity contribution in [3.8, 4) is 22.6 Å². The second-order valence-electron chi connectivity index (χ2n) is 10.1. The summed E-state index contributed by atoms with van der Waals surface area (Å²) in [7, 11) is -5.37. The lowest BCUT2D eigenvalue weighted by molar-refractivity contribution is 0.415. The lowest BCUT2D eigenvalue weighted by Gasteiger charge is -2.27. The molecule has 0 atom stereocenters. The Bertz CT molecular complexity index is 1870. The summed E-state index contributed by atoms with van der Waals surface area (Å²) < 4.78 is 36.9. The van der Waals surface area contributed by atoms with Crippen LogP contribution in [0.3, 0.4) is 0 Å². The molecule has 6 rings (SSSR count). The van der Waals surface area contributed by atoms with Crippen LogP contribution in [0.1, 0.15) is 0 Å². The van der Waals surface area contributed by atoms with E-state index >= 15 is 9.13 Å². The first-order valence-corrected chi connectivity index (χ1v) is 17.3. The zero-order chi connectivity index (χ0) is 29.9. The number of methoxy groups -OCH3 is 1. The molecular weight excluding hydrogens is 570 g/mol. The number of hydrogen-bond acceptors (Lipinski definition) is 4. The van der Waals surface area contributed by atoms with Crippen molar-refractivity contribution >= 4 is 46.1 Å². The molecule has 4 nitrogen and oxygen atoms in total. The van der Waals surface area contributed by atoms with Gasteiger partial charge >= 0.3 is 0 Å².